The van der Waals surface area contributed by atoms with Crippen LogP contribution in [-0.4, -0.2) is 37.2 Å². The highest BCUT2D eigenvalue weighted by Crippen LogP contribution is 2.21. The van der Waals surface area contributed by atoms with E-state index in [0.717, 1.165) is 0 Å². The van der Waals surface area contributed by atoms with Crippen LogP contribution in [0.5, 0.6) is 0 Å². The second-order valence-electron chi connectivity index (χ2n) is 3.95. The standard InChI is InChI=1S/C8H16N2O4/c1-7(2)13-4-8(10,5-14-7)3-12-6(9)11/h3-5,10H2,1-2H3,(H2,9,11). The quantitative estimate of drug-likeness (QED) is 0.635. The van der Waals surface area contributed by atoms with E-state index >= 15 is 0 Å². The monoisotopic (exact) mass is 204 g/mol. The van der Waals surface area contributed by atoms with Gasteiger partial charge in [-0.3, -0.25) is 0 Å². The topological polar surface area (TPSA) is 96.8 Å². The Morgan fingerprint density at radius 1 is 1.43 bits per heavy atom. The number of primary amides is 1. The summed E-state index contributed by atoms with van der Waals surface area (Å²) in [4.78, 5) is 10.4. The van der Waals surface area contributed by atoms with Crippen LogP contribution in [0, 0.1) is 0 Å². The Kier molecular flexibility index (Phi) is 2.98. The Hall–Kier alpha value is -0.850. The van der Waals surface area contributed by atoms with Crippen LogP contribution in [0.3, 0.4) is 0 Å². The zero-order valence-electron chi connectivity index (χ0n) is 8.41. The van der Waals surface area contributed by atoms with E-state index in [0.29, 0.717) is 0 Å². The largest absolute Gasteiger partial charge is 0.448 e. The number of nitrogens with two attached hydrogens (primary N) is 2. The van der Waals surface area contributed by atoms with Gasteiger partial charge in [-0.05, 0) is 13.8 Å². The van der Waals surface area contributed by atoms with Gasteiger partial charge in [0.1, 0.15) is 6.61 Å². The number of carbonyl (C=O) groups excluding carboxylic acids is 1. The zero-order chi connectivity index (χ0) is 10.8. The first-order valence-electron chi connectivity index (χ1n) is 4.32. The van der Waals surface area contributed by atoms with Gasteiger partial charge < -0.3 is 25.7 Å². The molecule has 0 aromatic heterocycles. The normalized spacial score (nSPS) is 24.2. The molecule has 1 rings (SSSR count). The third kappa shape index (κ3) is 3.13. The second kappa shape index (κ2) is 3.72. The minimum Gasteiger partial charge on any atom is -0.448 e. The van der Waals surface area contributed by atoms with Crippen molar-refractivity contribution in [3.8, 4) is 0 Å². The summed E-state index contributed by atoms with van der Waals surface area (Å²) in [6.45, 7) is 4.13. The Balaban J connectivity index is 2.41. The smallest absolute Gasteiger partial charge is 0.404 e. The predicted octanol–water partition coefficient (Wildman–Crippen LogP) is -0.438. The molecule has 4 N–H and O–H groups in total. The lowest BCUT2D eigenvalue weighted by atomic mass is 10.0. The van der Waals surface area contributed by atoms with Gasteiger partial charge in [0.2, 0.25) is 0 Å². The van der Waals surface area contributed by atoms with Crippen LogP contribution in [0.15, 0.2) is 0 Å². The average Bonchev–Trinajstić information content (AvgIpc) is 2.08. The fourth-order valence-corrected chi connectivity index (χ4v) is 1.02. The van der Waals surface area contributed by atoms with Gasteiger partial charge in [0, 0.05) is 0 Å². The maximum absolute atomic E-state index is 10.4. The molecule has 6 nitrogen and oxygen atoms in total. The number of hydrogen-bond acceptors (Lipinski definition) is 5. The highest BCUT2D eigenvalue weighted by Gasteiger charge is 2.38. The molecule has 0 aromatic rings. The van der Waals surface area contributed by atoms with Crippen molar-refractivity contribution in [1.29, 1.82) is 0 Å². The van der Waals surface area contributed by atoms with Crippen molar-refractivity contribution in [2.24, 2.45) is 11.5 Å². The molecule has 0 aliphatic carbocycles. The molecule has 1 aliphatic rings. The Bertz CT molecular complexity index is 219. The van der Waals surface area contributed by atoms with Gasteiger partial charge in [0.15, 0.2) is 5.79 Å². The van der Waals surface area contributed by atoms with Gasteiger partial charge in [-0.1, -0.05) is 0 Å². The molecule has 1 saturated heterocycles. The SMILES string of the molecule is CC1(C)OCC(N)(COC(N)=O)CO1. The van der Waals surface area contributed by atoms with Gasteiger partial charge in [0.25, 0.3) is 0 Å². The highest BCUT2D eigenvalue weighted by atomic mass is 16.7. The maximum Gasteiger partial charge on any atom is 0.404 e. The predicted molar refractivity (Wildman–Crippen MR) is 48.4 cm³/mol. The number of carbonyl (C=O) groups is 1. The molecule has 1 aliphatic heterocycles. The van der Waals surface area contributed by atoms with Crippen LogP contribution in [0.25, 0.3) is 0 Å². The first-order valence-corrected chi connectivity index (χ1v) is 4.32. The molecule has 0 spiro atoms. The fraction of sp³-hybridized carbons (Fsp3) is 0.875. The van der Waals surface area contributed by atoms with E-state index < -0.39 is 17.4 Å². The van der Waals surface area contributed by atoms with Crippen LogP contribution >= 0.6 is 0 Å². The van der Waals surface area contributed by atoms with E-state index in [1.54, 1.807) is 13.8 Å². The fourth-order valence-electron chi connectivity index (χ4n) is 1.02. The summed E-state index contributed by atoms with van der Waals surface area (Å²) in [5.41, 5.74) is 9.87. The summed E-state index contributed by atoms with van der Waals surface area (Å²) >= 11 is 0. The molecule has 1 amide bonds. The lowest BCUT2D eigenvalue weighted by Gasteiger charge is -2.40. The van der Waals surface area contributed by atoms with Crippen molar-refractivity contribution < 1.29 is 19.0 Å². The Morgan fingerprint density at radius 2 is 1.93 bits per heavy atom. The molecule has 1 heterocycles. The second-order valence-corrected chi connectivity index (χ2v) is 3.95. The summed E-state index contributed by atoms with van der Waals surface area (Å²) < 4.78 is 15.3. The van der Waals surface area contributed by atoms with Gasteiger partial charge in [-0.15, -0.1) is 0 Å². The van der Waals surface area contributed by atoms with Gasteiger partial charge >= 0.3 is 6.09 Å². The van der Waals surface area contributed by atoms with Crippen LogP contribution in [0.2, 0.25) is 0 Å². The Morgan fingerprint density at radius 3 is 2.36 bits per heavy atom. The molecule has 82 valence electrons. The number of hydrogen-bond donors (Lipinski definition) is 2. The highest BCUT2D eigenvalue weighted by molar-refractivity contribution is 5.64. The molecule has 0 atom stereocenters. The Labute approximate surface area is 82.5 Å². The van der Waals surface area contributed by atoms with Gasteiger partial charge in [0.05, 0.1) is 18.8 Å². The zero-order valence-corrected chi connectivity index (χ0v) is 8.41. The van der Waals surface area contributed by atoms with Crippen molar-refractivity contribution in [3.63, 3.8) is 0 Å². The van der Waals surface area contributed by atoms with E-state index in [4.69, 9.17) is 20.9 Å². The van der Waals surface area contributed by atoms with Crippen LogP contribution in [0.4, 0.5) is 4.79 Å². The van der Waals surface area contributed by atoms with Crippen LogP contribution in [-0.2, 0) is 14.2 Å². The summed E-state index contributed by atoms with van der Waals surface area (Å²) in [6.07, 6.45) is -0.848. The van der Waals surface area contributed by atoms with Crippen molar-refractivity contribution in [1.82, 2.24) is 0 Å². The molecular formula is C8H16N2O4. The molecule has 0 saturated carbocycles. The van der Waals surface area contributed by atoms with E-state index in [-0.39, 0.29) is 19.8 Å². The first-order chi connectivity index (χ1) is 6.33. The van der Waals surface area contributed by atoms with Crippen LogP contribution < -0.4 is 11.5 Å². The van der Waals surface area contributed by atoms with E-state index in [9.17, 15) is 4.79 Å². The average molecular weight is 204 g/mol. The van der Waals surface area contributed by atoms with Crippen molar-refractivity contribution in [2.75, 3.05) is 19.8 Å². The number of rotatable bonds is 2. The summed E-state index contributed by atoms with van der Waals surface area (Å²) in [5, 5.41) is 0. The van der Waals surface area contributed by atoms with Crippen LogP contribution in [0.1, 0.15) is 13.8 Å². The van der Waals surface area contributed by atoms with Crippen molar-refractivity contribution in [3.05, 3.63) is 0 Å². The molecular weight excluding hydrogens is 188 g/mol. The van der Waals surface area contributed by atoms with Gasteiger partial charge in [-0.2, -0.15) is 0 Å². The van der Waals surface area contributed by atoms with E-state index in [1.165, 1.54) is 0 Å². The minimum atomic E-state index is -0.848. The van der Waals surface area contributed by atoms with Gasteiger partial charge in [-0.25, -0.2) is 4.79 Å². The molecule has 6 heteroatoms. The molecule has 14 heavy (non-hydrogen) atoms. The maximum atomic E-state index is 10.4. The van der Waals surface area contributed by atoms with E-state index in [1.807, 2.05) is 0 Å². The van der Waals surface area contributed by atoms with Crippen molar-refractivity contribution >= 4 is 6.09 Å². The summed E-state index contributed by atoms with van der Waals surface area (Å²) in [5.74, 6) is -0.629. The third-order valence-corrected chi connectivity index (χ3v) is 1.92. The molecule has 1 fully saturated rings. The molecule has 0 radical (unpaired) electrons. The minimum absolute atomic E-state index is 0.00157. The lowest BCUT2D eigenvalue weighted by molar-refractivity contribution is -0.269. The lowest BCUT2D eigenvalue weighted by Crippen LogP contribution is -2.60. The first kappa shape index (κ1) is 11.2. The molecule has 0 unspecified atom stereocenters. The third-order valence-electron chi connectivity index (χ3n) is 1.92. The summed E-state index contributed by atoms with van der Waals surface area (Å²) in [7, 11) is 0. The van der Waals surface area contributed by atoms with Crippen molar-refractivity contribution in [2.45, 2.75) is 25.2 Å². The number of amides is 1. The molecule has 0 aromatic carbocycles. The van der Waals surface area contributed by atoms with E-state index in [2.05, 4.69) is 4.74 Å². The summed E-state index contributed by atoms with van der Waals surface area (Å²) in [6, 6.07) is 0. The molecule has 0 bridgehead atoms. The number of ether oxygens (including phenoxy) is 3.